The predicted octanol–water partition coefficient (Wildman–Crippen LogP) is 2.49. The molecule has 0 saturated carbocycles. The lowest BCUT2D eigenvalue weighted by Gasteiger charge is -2.21. The molecule has 0 aliphatic rings. The zero-order chi connectivity index (χ0) is 14.4. The second kappa shape index (κ2) is 7.28. The van der Waals surface area contributed by atoms with Crippen LogP contribution in [0.2, 0.25) is 0 Å². The number of nitrogens with two attached hydrogens (primary N) is 1. The first-order chi connectivity index (χ1) is 8.95. The summed E-state index contributed by atoms with van der Waals surface area (Å²) in [4.78, 5) is 24.9. The molecule has 0 radical (unpaired) electrons. The van der Waals surface area contributed by atoms with Crippen molar-refractivity contribution in [1.29, 1.82) is 0 Å². The number of unbranched alkanes of at least 4 members (excludes halogenated alkanes) is 1. The van der Waals surface area contributed by atoms with Gasteiger partial charge < -0.3 is 10.6 Å². The predicted molar refractivity (Wildman–Crippen MR) is 78.9 cm³/mol. The molecule has 4 nitrogen and oxygen atoms in total. The molecule has 0 heterocycles. The Bertz CT molecular complexity index is 475. The van der Waals surface area contributed by atoms with E-state index in [0.29, 0.717) is 12.1 Å². The molecular weight excluding hydrogens is 308 g/mol. The summed E-state index contributed by atoms with van der Waals surface area (Å²) in [6.45, 7) is 4.50. The molecule has 1 aromatic carbocycles. The van der Waals surface area contributed by atoms with Crippen LogP contribution in [0.15, 0.2) is 22.7 Å². The number of hydrogen-bond acceptors (Lipinski definition) is 2. The highest BCUT2D eigenvalue weighted by Crippen LogP contribution is 2.18. The van der Waals surface area contributed by atoms with Crippen LogP contribution in [-0.4, -0.2) is 29.8 Å². The van der Waals surface area contributed by atoms with Crippen LogP contribution >= 0.6 is 15.9 Å². The van der Waals surface area contributed by atoms with E-state index in [1.807, 2.05) is 19.9 Å². The maximum atomic E-state index is 12.3. The van der Waals surface area contributed by atoms with Gasteiger partial charge in [-0.1, -0.05) is 35.3 Å². The third-order valence-corrected chi connectivity index (χ3v) is 3.69. The van der Waals surface area contributed by atoms with E-state index in [1.54, 1.807) is 12.1 Å². The van der Waals surface area contributed by atoms with Crippen molar-refractivity contribution in [2.45, 2.75) is 26.7 Å². The first-order valence-corrected chi connectivity index (χ1v) is 7.08. The van der Waals surface area contributed by atoms with Gasteiger partial charge in [-0.2, -0.15) is 0 Å². The molecule has 0 unspecified atom stereocenters. The minimum atomic E-state index is -0.490. The molecule has 0 spiro atoms. The van der Waals surface area contributed by atoms with Gasteiger partial charge in [0.15, 0.2) is 0 Å². The number of aryl methyl sites for hydroxylation is 1. The van der Waals surface area contributed by atoms with Crippen molar-refractivity contribution in [3.8, 4) is 0 Å². The third-order valence-electron chi connectivity index (χ3n) is 2.83. The minimum Gasteiger partial charge on any atom is -0.368 e. The molecule has 0 aromatic heterocycles. The highest BCUT2D eigenvalue weighted by Gasteiger charge is 2.17. The van der Waals surface area contributed by atoms with Gasteiger partial charge in [0.1, 0.15) is 0 Å². The zero-order valence-corrected chi connectivity index (χ0v) is 12.9. The molecule has 0 fully saturated rings. The van der Waals surface area contributed by atoms with Crippen LogP contribution in [0.4, 0.5) is 0 Å². The largest absolute Gasteiger partial charge is 0.368 e. The van der Waals surface area contributed by atoms with Crippen molar-refractivity contribution in [1.82, 2.24) is 4.90 Å². The standard InChI is InChI=1S/C14H19BrN2O2/c1-3-4-7-17(9-13(16)18)14(19)11-6-5-10(2)12(15)8-11/h5-6,8H,3-4,7,9H2,1-2H3,(H2,16,18). The average molecular weight is 327 g/mol. The number of nitrogens with zero attached hydrogens (tertiary/aromatic N) is 1. The number of hydrogen-bond donors (Lipinski definition) is 1. The Kier molecular flexibility index (Phi) is 6.02. The van der Waals surface area contributed by atoms with Gasteiger partial charge in [-0.25, -0.2) is 0 Å². The van der Waals surface area contributed by atoms with Crippen LogP contribution in [-0.2, 0) is 4.79 Å². The maximum Gasteiger partial charge on any atom is 0.254 e. The SMILES string of the molecule is CCCCN(CC(N)=O)C(=O)c1ccc(C)c(Br)c1. The Morgan fingerprint density at radius 2 is 2.05 bits per heavy atom. The van der Waals surface area contributed by atoms with Crippen molar-refractivity contribution in [2.75, 3.05) is 13.1 Å². The molecule has 104 valence electrons. The molecule has 19 heavy (non-hydrogen) atoms. The summed E-state index contributed by atoms with van der Waals surface area (Å²) < 4.78 is 0.882. The molecule has 0 aliphatic heterocycles. The summed E-state index contributed by atoms with van der Waals surface area (Å²) >= 11 is 3.40. The number of primary amides is 1. The molecule has 1 rings (SSSR count). The molecule has 0 bridgehead atoms. The van der Waals surface area contributed by atoms with Gasteiger partial charge in [0, 0.05) is 16.6 Å². The van der Waals surface area contributed by atoms with E-state index in [9.17, 15) is 9.59 Å². The number of carbonyl (C=O) groups is 2. The molecule has 0 saturated heterocycles. The van der Waals surface area contributed by atoms with Gasteiger partial charge in [-0.3, -0.25) is 9.59 Å². The smallest absolute Gasteiger partial charge is 0.254 e. The summed E-state index contributed by atoms with van der Waals surface area (Å²) in [5.41, 5.74) is 6.82. The van der Waals surface area contributed by atoms with Gasteiger partial charge in [-0.15, -0.1) is 0 Å². The molecule has 5 heteroatoms. The Morgan fingerprint density at radius 1 is 1.37 bits per heavy atom. The van der Waals surface area contributed by atoms with E-state index < -0.39 is 5.91 Å². The Morgan fingerprint density at radius 3 is 2.58 bits per heavy atom. The average Bonchev–Trinajstić information content (AvgIpc) is 2.36. The molecular formula is C14H19BrN2O2. The number of rotatable bonds is 6. The molecule has 2 N–H and O–H groups in total. The summed E-state index contributed by atoms with van der Waals surface area (Å²) in [6, 6.07) is 5.42. The van der Waals surface area contributed by atoms with Crippen molar-refractivity contribution >= 4 is 27.7 Å². The molecule has 0 aliphatic carbocycles. The monoisotopic (exact) mass is 326 g/mol. The van der Waals surface area contributed by atoms with Crippen LogP contribution in [0.1, 0.15) is 35.7 Å². The van der Waals surface area contributed by atoms with Crippen molar-refractivity contribution < 1.29 is 9.59 Å². The second-order valence-corrected chi connectivity index (χ2v) is 5.36. The van der Waals surface area contributed by atoms with Gasteiger partial charge >= 0.3 is 0 Å². The fourth-order valence-corrected chi connectivity index (χ4v) is 2.08. The number of halogens is 1. The van der Waals surface area contributed by atoms with Crippen LogP contribution in [0, 0.1) is 6.92 Å². The summed E-state index contributed by atoms with van der Waals surface area (Å²) in [7, 11) is 0. The lowest BCUT2D eigenvalue weighted by molar-refractivity contribution is -0.118. The van der Waals surface area contributed by atoms with Crippen LogP contribution < -0.4 is 5.73 Å². The lowest BCUT2D eigenvalue weighted by atomic mass is 10.1. The second-order valence-electron chi connectivity index (χ2n) is 4.51. The van der Waals surface area contributed by atoms with Gasteiger partial charge in [0.2, 0.25) is 5.91 Å². The molecule has 0 atom stereocenters. The lowest BCUT2D eigenvalue weighted by Crippen LogP contribution is -2.39. The van der Waals surface area contributed by atoms with E-state index >= 15 is 0 Å². The molecule has 1 aromatic rings. The normalized spacial score (nSPS) is 10.3. The number of amides is 2. The van der Waals surface area contributed by atoms with E-state index in [0.717, 1.165) is 22.9 Å². The van der Waals surface area contributed by atoms with Crippen molar-refractivity contribution in [3.05, 3.63) is 33.8 Å². The van der Waals surface area contributed by atoms with E-state index in [-0.39, 0.29) is 12.5 Å². The number of carbonyl (C=O) groups excluding carboxylic acids is 2. The summed E-state index contributed by atoms with van der Waals surface area (Å²) in [5.74, 6) is -0.649. The first-order valence-electron chi connectivity index (χ1n) is 6.29. The van der Waals surface area contributed by atoms with E-state index in [4.69, 9.17) is 5.73 Å². The third kappa shape index (κ3) is 4.67. The van der Waals surface area contributed by atoms with Crippen LogP contribution in [0.25, 0.3) is 0 Å². The van der Waals surface area contributed by atoms with Gasteiger partial charge in [0.05, 0.1) is 6.54 Å². The summed E-state index contributed by atoms with van der Waals surface area (Å²) in [6.07, 6.45) is 1.81. The summed E-state index contributed by atoms with van der Waals surface area (Å²) in [5, 5.41) is 0. The van der Waals surface area contributed by atoms with Gasteiger partial charge in [0.25, 0.3) is 5.91 Å². The number of benzene rings is 1. The highest BCUT2D eigenvalue weighted by molar-refractivity contribution is 9.10. The highest BCUT2D eigenvalue weighted by atomic mass is 79.9. The fraction of sp³-hybridized carbons (Fsp3) is 0.429. The first kappa shape index (κ1) is 15.7. The zero-order valence-electron chi connectivity index (χ0n) is 11.3. The van der Waals surface area contributed by atoms with E-state index in [2.05, 4.69) is 15.9 Å². The fourth-order valence-electron chi connectivity index (χ4n) is 1.70. The Labute approximate surface area is 122 Å². The topological polar surface area (TPSA) is 63.4 Å². The maximum absolute atomic E-state index is 12.3. The Hall–Kier alpha value is -1.36. The van der Waals surface area contributed by atoms with Crippen LogP contribution in [0.3, 0.4) is 0 Å². The van der Waals surface area contributed by atoms with Crippen molar-refractivity contribution in [2.24, 2.45) is 5.73 Å². The molecule has 2 amide bonds. The van der Waals surface area contributed by atoms with Gasteiger partial charge in [-0.05, 0) is 31.0 Å². The minimum absolute atomic E-state index is 0.0374. The van der Waals surface area contributed by atoms with Crippen LogP contribution in [0.5, 0.6) is 0 Å². The quantitative estimate of drug-likeness (QED) is 0.872. The van der Waals surface area contributed by atoms with E-state index in [1.165, 1.54) is 4.90 Å². The Balaban J connectivity index is 2.90. The van der Waals surface area contributed by atoms with Crippen molar-refractivity contribution in [3.63, 3.8) is 0 Å².